The summed E-state index contributed by atoms with van der Waals surface area (Å²) in [6, 6.07) is 12.4. The summed E-state index contributed by atoms with van der Waals surface area (Å²) in [5, 5.41) is 13.0. The van der Waals surface area contributed by atoms with E-state index in [9.17, 15) is 28.9 Å². The lowest BCUT2D eigenvalue weighted by molar-refractivity contribution is -0.384. The van der Waals surface area contributed by atoms with Crippen LogP contribution >= 0.6 is 11.6 Å². The van der Waals surface area contributed by atoms with Gasteiger partial charge in [0, 0.05) is 12.1 Å². The van der Waals surface area contributed by atoms with Crippen molar-refractivity contribution in [2.45, 2.75) is 13.5 Å². The van der Waals surface area contributed by atoms with E-state index in [1.165, 1.54) is 42.5 Å². The van der Waals surface area contributed by atoms with Crippen molar-refractivity contribution >= 4 is 46.9 Å². The smallest absolute Gasteiger partial charge is 0.335 e. The minimum atomic E-state index is -0.966. The van der Waals surface area contributed by atoms with E-state index in [-0.39, 0.29) is 46.7 Å². The number of carbonyl (C=O) groups is 3. The highest BCUT2D eigenvalue weighted by Gasteiger charge is 2.37. The van der Waals surface area contributed by atoms with Gasteiger partial charge in [-0.2, -0.15) is 0 Å². The van der Waals surface area contributed by atoms with Gasteiger partial charge in [-0.25, -0.2) is 14.1 Å². The number of amides is 4. The van der Waals surface area contributed by atoms with Gasteiger partial charge in [-0.15, -0.1) is 0 Å². The van der Waals surface area contributed by atoms with Crippen LogP contribution in [0.25, 0.3) is 6.08 Å². The zero-order valence-corrected chi connectivity index (χ0v) is 20.5. The molecule has 0 bridgehead atoms. The van der Waals surface area contributed by atoms with Crippen LogP contribution in [0.4, 0.5) is 20.6 Å². The molecule has 0 spiro atoms. The van der Waals surface area contributed by atoms with Gasteiger partial charge < -0.3 is 9.47 Å². The van der Waals surface area contributed by atoms with Crippen LogP contribution in [0.5, 0.6) is 11.5 Å². The molecule has 1 heterocycles. The number of hydrogen-bond donors (Lipinski definition) is 1. The van der Waals surface area contributed by atoms with Crippen molar-refractivity contribution in [2.75, 3.05) is 11.5 Å². The zero-order valence-electron chi connectivity index (χ0n) is 19.8. The van der Waals surface area contributed by atoms with Crippen molar-refractivity contribution in [2.24, 2.45) is 0 Å². The average Bonchev–Trinajstić information content (AvgIpc) is 2.87. The number of carbonyl (C=O) groups excluding carboxylic acids is 3. The van der Waals surface area contributed by atoms with E-state index in [1.54, 1.807) is 19.1 Å². The molecule has 1 saturated heterocycles. The van der Waals surface area contributed by atoms with E-state index in [2.05, 4.69) is 5.32 Å². The first-order chi connectivity index (χ1) is 18.2. The van der Waals surface area contributed by atoms with Crippen LogP contribution in [0, 0.1) is 15.9 Å². The molecule has 38 heavy (non-hydrogen) atoms. The number of nitrogens with one attached hydrogen (secondary N) is 1. The number of urea groups is 1. The minimum absolute atomic E-state index is 0.0356. The van der Waals surface area contributed by atoms with Crippen LogP contribution in [-0.4, -0.2) is 29.4 Å². The van der Waals surface area contributed by atoms with Gasteiger partial charge in [-0.3, -0.25) is 25.0 Å². The largest absolute Gasteiger partial charge is 0.490 e. The van der Waals surface area contributed by atoms with Gasteiger partial charge in [0.05, 0.1) is 22.2 Å². The first-order valence-electron chi connectivity index (χ1n) is 11.2. The Morgan fingerprint density at radius 3 is 2.37 bits per heavy atom. The predicted octanol–water partition coefficient (Wildman–Crippen LogP) is 5.03. The first-order valence-corrected chi connectivity index (χ1v) is 11.5. The number of imide groups is 2. The van der Waals surface area contributed by atoms with Crippen LogP contribution in [0.15, 0.2) is 66.2 Å². The van der Waals surface area contributed by atoms with E-state index >= 15 is 0 Å². The summed E-state index contributed by atoms with van der Waals surface area (Å²) in [7, 11) is 0. The number of benzene rings is 3. The number of hydrogen-bond acceptors (Lipinski definition) is 7. The van der Waals surface area contributed by atoms with Crippen molar-refractivity contribution < 1.29 is 33.2 Å². The number of nitro groups is 1. The van der Waals surface area contributed by atoms with E-state index in [0.29, 0.717) is 11.1 Å². The highest BCUT2D eigenvalue weighted by molar-refractivity contribution is 6.39. The number of anilines is 1. The van der Waals surface area contributed by atoms with Crippen molar-refractivity contribution in [1.82, 2.24) is 5.32 Å². The van der Waals surface area contributed by atoms with Crippen LogP contribution < -0.4 is 19.7 Å². The van der Waals surface area contributed by atoms with Crippen molar-refractivity contribution in [3.05, 3.63) is 98.3 Å². The van der Waals surface area contributed by atoms with E-state index in [4.69, 9.17) is 21.1 Å². The lowest BCUT2D eigenvalue weighted by Gasteiger charge is -2.26. The fraction of sp³-hybridized carbons (Fsp3) is 0.115. The third-order valence-corrected chi connectivity index (χ3v) is 5.64. The monoisotopic (exact) mass is 539 g/mol. The molecule has 0 aromatic heterocycles. The minimum Gasteiger partial charge on any atom is -0.490 e. The molecule has 1 fully saturated rings. The Kier molecular flexibility index (Phi) is 7.68. The summed E-state index contributed by atoms with van der Waals surface area (Å²) in [4.78, 5) is 49.0. The maximum Gasteiger partial charge on any atom is 0.335 e. The number of halogens is 2. The lowest BCUT2D eigenvalue weighted by atomic mass is 10.1. The third kappa shape index (κ3) is 5.62. The Labute approximate surface area is 220 Å². The molecule has 0 aliphatic carbocycles. The number of nitro benzene ring substituents is 1. The molecule has 1 aliphatic heterocycles. The summed E-state index contributed by atoms with van der Waals surface area (Å²) in [5.74, 6) is -1.95. The maximum absolute atomic E-state index is 13.3. The fourth-order valence-electron chi connectivity index (χ4n) is 3.59. The zero-order chi connectivity index (χ0) is 27.4. The SMILES string of the molecule is CCOc1cc(/C=C2\C(=O)NC(=O)N(c3ccc(F)cc3)C2=O)cc(Cl)c1OCc1ccc([N+](=O)[O-])cc1. The van der Waals surface area contributed by atoms with Crippen LogP contribution in [0.2, 0.25) is 5.02 Å². The molecular weight excluding hydrogens is 521 g/mol. The lowest BCUT2D eigenvalue weighted by Crippen LogP contribution is -2.54. The summed E-state index contributed by atoms with van der Waals surface area (Å²) in [6.45, 7) is 2.02. The molecule has 3 aromatic rings. The molecule has 10 nitrogen and oxygen atoms in total. The second kappa shape index (κ2) is 11.1. The van der Waals surface area contributed by atoms with Crippen molar-refractivity contribution in [1.29, 1.82) is 0 Å². The van der Waals surface area contributed by atoms with Crippen molar-refractivity contribution in [3.63, 3.8) is 0 Å². The summed E-state index contributed by atoms with van der Waals surface area (Å²) in [5.41, 5.74) is 0.630. The van der Waals surface area contributed by atoms with Gasteiger partial charge >= 0.3 is 6.03 Å². The molecule has 3 aromatic carbocycles. The highest BCUT2D eigenvalue weighted by atomic mass is 35.5. The highest BCUT2D eigenvalue weighted by Crippen LogP contribution is 2.38. The topological polar surface area (TPSA) is 128 Å². The third-order valence-electron chi connectivity index (χ3n) is 5.36. The van der Waals surface area contributed by atoms with E-state index < -0.39 is 28.6 Å². The summed E-state index contributed by atoms with van der Waals surface area (Å²) in [6.07, 6.45) is 1.25. The Morgan fingerprint density at radius 1 is 1.05 bits per heavy atom. The normalized spacial score (nSPS) is 14.4. The average molecular weight is 540 g/mol. The molecule has 0 atom stereocenters. The van der Waals surface area contributed by atoms with Gasteiger partial charge in [0.2, 0.25) is 0 Å². The molecule has 4 rings (SSSR count). The fourth-order valence-corrected chi connectivity index (χ4v) is 3.87. The molecule has 0 unspecified atom stereocenters. The molecule has 12 heteroatoms. The molecule has 0 radical (unpaired) electrons. The number of ether oxygens (including phenoxy) is 2. The van der Waals surface area contributed by atoms with Crippen LogP contribution in [0.3, 0.4) is 0 Å². The van der Waals surface area contributed by atoms with Crippen LogP contribution in [-0.2, 0) is 16.2 Å². The number of non-ortho nitro benzene ring substituents is 1. The molecule has 1 N–H and O–H groups in total. The quantitative estimate of drug-likeness (QED) is 0.184. The molecule has 0 saturated carbocycles. The Morgan fingerprint density at radius 2 is 1.74 bits per heavy atom. The van der Waals surface area contributed by atoms with Gasteiger partial charge in [0.25, 0.3) is 17.5 Å². The molecule has 4 amide bonds. The van der Waals surface area contributed by atoms with Gasteiger partial charge in [-0.05, 0) is 72.7 Å². The summed E-state index contributed by atoms with van der Waals surface area (Å²) < 4.78 is 24.8. The number of barbiturate groups is 1. The van der Waals surface area contributed by atoms with E-state index in [0.717, 1.165) is 17.0 Å². The number of nitrogens with zero attached hydrogens (tertiary/aromatic N) is 2. The van der Waals surface area contributed by atoms with Crippen molar-refractivity contribution in [3.8, 4) is 11.5 Å². The Bertz CT molecular complexity index is 1460. The Balaban J connectivity index is 1.62. The van der Waals surface area contributed by atoms with Gasteiger partial charge in [-0.1, -0.05) is 11.6 Å². The van der Waals surface area contributed by atoms with Gasteiger partial charge in [0.1, 0.15) is 18.0 Å². The molecule has 194 valence electrons. The number of rotatable bonds is 8. The summed E-state index contributed by atoms with van der Waals surface area (Å²) >= 11 is 6.45. The maximum atomic E-state index is 13.3. The first kappa shape index (κ1) is 26.3. The second-order valence-corrected chi connectivity index (χ2v) is 8.32. The molecular formula is C26H19ClFN3O7. The standard InChI is InChI=1S/C26H19ClFN3O7/c1-2-37-22-13-16(12-21(27)23(22)38-14-15-3-7-19(8-4-15)31(35)36)11-20-24(32)29-26(34)30(25(20)33)18-9-5-17(28)6-10-18/h3-13H,2,14H2,1H3,(H,29,32,34)/b20-11+. The Hall–Kier alpha value is -4.77. The van der Waals surface area contributed by atoms with Crippen LogP contribution in [0.1, 0.15) is 18.1 Å². The van der Waals surface area contributed by atoms with Gasteiger partial charge in [0.15, 0.2) is 11.5 Å². The molecule has 1 aliphatic rings. The predicted molar refractivity (Wildman–Crippen MR) is 135 cm³/mol. The van der Waals surface area contributed by atoms with E-state index in [1.807, 2.05) is 0 Å². The second-order valence-electron chi connectivity index (χ2n) is 7.91.